The monoisotopic (exact) mass is 234 g/mol. The molecule has 17 heavy (non-hydrogen) atoms. The van der Waals surface area contributed by atoms with E-state index in [4.69, 9.17) is 9.15 Å². The molecule has 4 heteroatoms. The van der Waals surface area contributed by atoms with Gasteiger partial charge in [0.15, 0.2) is 5.78 Å². The van der Waals surface area contributed by atoms with Crippen molar-refractivity contribution in [1.82, 2.24) is 0 Å². The van der Waals surface area contributed by atoms with Crippen molar-refractivity contribution >= 4 is 11.9 Å². The van der Waals surface area contributed by atoms with Crippen molar-refractivity contribution in [3.05, 3.63) is 33.9 Å². The van der Waals surface area contributed by atoms with E-state index < -0.39 is 5.63 Å². The number of fused-ring (bicyclic) bond motifs is 1. The highest BCUT2D eigenvalue weighted by molar-refractivity contribution is 6.01. The Hall–Kier alpha value is -1.84. The highest BCUT2D eigenvalue weighted by Gasteiger charge is 2.34. The van der Waals surface area contributed by atoms with Crippen molar-refractivity contribution in [2.45, 2.75) is 26.9 Å². The fraction of sp³-hybridized carbons (Fsp3) is 0.385. The number of allylic oxidation sites excluding steroid dienone is 1. The molecular formula is C13H14O4. The lowest BCUT2D eigenvalue weighted by Crippen LogP contribution is -2.36. The van der Waals surface area contributed by atoms with E-state index in [2.05, 4.69) is 0 Å². The van der Waals surface area contributed by atoms with Crippen LogP contribution in [0, 0.1) is 5.92 Å². The third-order valence-corrected chi connectivity index (χ3v) is 2.94. The van der Waals surface area contributed by atoms with Gasteiger partial charge in [0.05, 0.1) is 5.92 Å². The minimum atomic E-state index is -0.626. The minimum Gasteiger partial charge on any atom is -0.489 e. The van der Waals surface area contributed by atoms with E-state index in [-0.39, 0.29) is 23.4 Å². The van der Waals surface area contributed by atoms with E-state index >= 15 is 0 Å². The molecule has 0 aliphatic carbocycles. The van der Waals surface area contributed by atoms with Crippen LogP contribution in [0.4, 0.5) is 0 Å². The molecule has 0 amide bonds. The van der Waals surface area contributed by atoms with Crippen LogP contribution in [0.15, 0.2) is 21.4 Å². The van der Waals surface area contributed by atoms with E-state index in [1.807, 2.05) is 13.8 Å². The maximum atomic E-state index is 12.0. The Morgan fingerprint density at radius 2 is 2.00 bits per heavy atom. The van der Waals surface area contributed by atoms with Crippen molar-refractivity contribution in [2.75, 3.05) is 0 Å². The van der Waals surface area contributed by atoms with Gasteiger partial charge in [-0.25, -0.2) is 4.79 Å². The normalized spacial score (nSPS) is 23.6. The third kappa shape index (κ3) is 1.90. The smallest absolute Gasteiger partial charge is 0.351 e. The predicted octanol–water partition coefficient (Wildman–Crippen LogP) is 2.27. The van der Waals surface area contributed by atoms with Gasteiger partial charge < -0.3 is 9.15 Å². The number of carbonyl (C=O) groups excluding carboxylic acids is 1. The number of carbonyl (C=O) groups is 1. The molecule has 1 aromatic rings. The molecule has 0 N–H and O–H groups in total. The molecule has 2 atom stereocenters. The van der Waals surface area contributed by atoms with Crippen LogP contribution in [0.1, 0.15) is 36.9 Å². The van der Waals surface area contributed by atoms with Crippen LogP contribution in [0.2, 0.25) is 0 Å². The summed E-state index contributed by atoms with van der Waals surface area (Å²) in [5.41, 5.74) is -0.594. The van der Waals surface area contributed by atoms with Crippen molar-refractivity contribution in [3.63, 3.8) is 0 Å². The second-order valence-corrected chi connectivity index (χ2v) is 4.15. The van der Waals surface area contributed by atoms with Crippen LogP contribution in [-0.2, 0) is 0 Å². The second-order valence-electron chi connectivity index (χ2n) is 4.15. The van der Waals surface area contributed by atoms with Crippen molar-refractivity contribution in [3.8, 4) is 5.75 Å². The molecule has 0 saturated heterocycles. The summed E-state index contributed by atoms with van der Waals surface area (Å²) in [5, 5.41) is 0. The number of ketones is 1. The summed E-state index contributed by atoms with van der Waals surface area (Å²) in [4.78, 5) is 23.7. The van der Waals surface area contributed by atoms with E-state index in [9.17, 15) is 9.59 Å². The Morgan fingerprint density at radius 3 is 2.65 bits per heavy atom. The molecule has 0 radical (unpaired) electrons. The van der Waals surface area contributed by atoms with Crippen LogP contribution >= 0.6 is 0 Å². The molecule has 0 bridgehead atoms. The fourth-order valence-corrected chi connectivity index (χ4v) is 1.79. The van der Waals surface area contributed by atoms with Crippen molar-refractivity contribution in [1.29, 1.82) is 0 Å². The van der Waals surface area contributed by atoms with Crippen LogP contribution in [0.25, 0.3) is 6.08 Å². The average molecular weight is 234 g/mol. The van der Waals surface area contributed by atoms with Gasteiger partial charge in [0.25, 0.3) is 0 Å². The first kappa shape index (κ1) is 11.6. The Morgan fingerprint density at radius 1 is 1.29 bits per heavy atom. The number of ether oxygens (including phenoxy) is 1. The quantitative estimate of drug-likeness (QED) is 0.748. The predicted molar refractivity (Wildman–Crippen MR) is 63.3 cm³/mol. The van der Waals surface area contributed by atoms with E-state index in [0.29, 0.717) is 11.5 Å². The topological polar surface area (TPSA) is 56.5 Å². The summed E-state index contributed by atoms with van der Waals surface area (Å²) in [7, 11) is 0. The summed E-state index contributed by atoms with van der Waals surface area (Å²) < 4.78 is 10.6. The number of hydrogen-bond acceptors (Lipinski definition) is 4. The molecule has 0 aromatic carbocycles. The molecule has 1 aliphatic heterocycles. The van der Waals surface area contributed by atoms with Crippen molar-refractivity contribution < 1.29 is 13.9 Å². The third-order valence-electron chi connectivity index (χ3n) is 2.94. The molecule has 90 valence electrons. The SMILES string of the molecule is C/C=C/c1cc2c(c(=O)o1)C(=O)[C@@H](C)[C@H](C)O2. The van der Waals surface area contributed by atoms with Gasteiger partial charge in [0.2, 0.25) is 0 Å². The summed E-state index contributed by atoms with van der Waals surface area (Å²) >= 11 is 0. The zero-order chi connectivity index (χ0) is 12.6. The summed E-state index contributed by atoms with van der Waals surface area (Å²) in [6.45, 7) is 5.38. The number of hydrogen-bond donors (Lipinski definition) is 0. The molecule has 0 saturated carbocycles. The fourth-order valence-electron chi connectivity index (χ4n) is 1.79. The lowest BCUT2D eigenvalue weighted by Gasteiger charge is -2.26. The molecule has 0 fully saturated rings. The first-order valence-electron chi connectivity index (χ1n) is 5.56. The van der Waals surface area contributed by atoms with Gasteiger partial charge in [-0.2, -0.15) is 0 Å². The van der Waals surface area contributed by atoms with Gasteiger partial charge in [-0.15, -0.1) is 0 Å². The van der Waals surface area contributed by atoms with Crippen LogP contribution in [0.5, 0.6) is 5.75 Å². The Kier molecular flexibility index (Phi) is 2.88. The molecule has 0 spiro atoms. The molecule has 1 aromatic heterocycles. The first-order valence-corrected chi connectivity index (χ1v) is 5.56. The Labute approximate surface area is 98.9 Å². The summed E-state index contributed by atoms with van der Waals surface area (Å²) in [6, 6.07) is 1.58. The molecule has 0 unspecified atom stereocenters. The standard InChI is InChI=1S/C13H14O4/c1-4-5-9-6-10-11(13(15)17-9)12(14)7(2)8(3)16-10/h4-8H,1-3H3/b5-4+/t7-,8-/m0/s1. The van der Waals surface area contributed by atoms with Crippen LogP contribution in [-0.4, -0.2) is 11.9 Å². The van der Waals surface area contributed by atoms with Gasteiger partial charge >= 0.3 is 5.63 Å². The van der Waals surface area contributed by atoms with Gasteiger partial charge in [-0.3, -0.25) is 4.79 Å². The molecule has 2 rings (SSSR count). The first-order chi connectivity index (χ1) is 8.04. The molecule has 1 aliphatic rings. The maximum absolute atomic E-state index is 12.0. The van der Waals surface area contributed by atoms with Gasteiger partial charge in [0.1, 0.15) is 23.2 Å². The minimum absolute atomic E-state index is 0.0313. The van der Waals surface area contributed by atoms with E-state index in [1.165, 1.54) is 0 Å². The van der Waals surface area contributed by atoms with Gasteiger partial charge in [-0.1, -0.05) is 13.0 Å². The Bertz CT molecular complexity index is 539. The Balaban J connectivity index is 2.60. The lowest BCUT2D eigenvalue weighted by atomic mass is 9.92. The molecular weight excluding hydrogens is 220 g/mol. The number of rotatable bonds is 1. The van der Waals surface area contributed by atoms with E-state index in [0.717, 1.165) is 0 Å². The second kappa shape index (κ2) is 4.20. The van der Waals surface area contributed by atoms with Crippen molar-refractivity contribution in [2.24, 2.45) is 5.92 Å². The van der Waals surface area contributed by atoms with Crippen LogP contribution < -0.4 is 10.4 Å². The highest BCUT2D eigenvalue weighted by atomic mass is 16.5. The largest absolute Gasteiger partial charge is 0.489 e. The van der Waals surface area contributed by atoms with Gasteiger partial charge in [-0.05, 0) is 19.9 Å². The van der Waals surface area contributed by atoms with E-state index in [1.54, 1.807) is 25.1 Å². The molecule has 4 nitrogen and oxygen atoms in total. The zero-order valence-corrected chi connectivity index (χ0v) is 10.0. The highest BCUT2D eigenvalue weighted by Crippen LogP contribution is 2.29. The summed E-state index contributed by atoms with van der Waals surface area (Å²) in [5.74, 6) is 0.188. The van der Waals surface area contributed by atoms with Crippen LogP contribution in [0.3, 0.4) is 0 Å². The average Bonchev–Trinajstić information content (AvgIpc) is 2.25. The maximum Gasteiger partial charge on any atom is 0.351 e. The summed E-state index contributed by atoms with van der Waals surface area (Å²) in [6.07, 6.45) is 3.18. The number of Topliss-reactive ketones (excluding diaryl/α,β-unsaturated/α-hetero) is 1. The lowest BCUT2D eigenvalue weighted by molar-refractivity contribution is 0.0719. The zero-order valence-electron chi connectivity index (χ0n) is 10.0. The molecule has 2 heterocycles. The van der Waals surface area contributed by atoms with Gasteiger partial charge in [0, 0.05) is 6.07 Å².